The predicted octanol–water partition coefficient (Wildman–Crippen LogP) is 2.42. The molecule has 1 fully saturated rings. The van der Waals surface area contributed by atoms with Crippen LogP contribution in [0.15, 0.2) is 42.6 Å². The van der Waals surface area contributed by atoms with Gasteiger partial charge in [-0.1, -0.05) is 18.2 Å². The molecule has 0 bridgehead atoms. The molecule has 0 unspecified atom stereocenters. The Balaban J connectivity index is 1.71. The number of para-hydroxylation sites is 1. The number of benzene rings is 1. The van der Waals surface area contributed by atoms with Crippen molar-refractivity contribution in [3.05, 3.63) is 53.7 Å². The van der Waals surface area contributed by atoms with Crippen LogP contribution in [-0.2, 0) is 0 Å². The van der Waals surface area contributed by atoms with Crippen LogP contribution in [0.2, 0.25) is 0 Å². The van der Waals surface area contributed by atoms with Crippen LogP contribution in [0.4, 0.5) is 11.5 Å². The van der Waals surface area contributed by atoms with E-state index in [-0.39, 0.29) is 5.91 Å². The Morgan fingerprint density at radius 1 is 1.04 bits per heavy atom. The van der Waals surface area contributed by atoms with Crippen molar-refractivity contribution >= 4 is 17.4 Å². The van der Waals surface area contributed by atoms with E-state index in [1.165, 1.54) is 11.3 Å². The van der Waals surface area contributed by atoms with Crippen molar-refractivity contribution in [2.24, 2.45) is 0 Å². The molecule has 3 rings (SSSR count). The van der Waals surface area contributed by atoms with Gasteiger partial charge >= 0.3 is 0 Å². The molecule has 0 atom stereocenters. The fourth-order valence-corrected chi connectivity index (χ4v) is 3.16. The van der Waals surface area contributed by atoms with Crippen LogP contribution in [0.5, 0.6) is 0 Å². The van der Waals surface area contributed by atoms with Gasteiger partial charge in [-0.25, -0.2) is 4.98 Å². The Bertz CT molecular complexity index is 721. The number of amides is 1. The van der Waals surface area contributed by atoms with Gasteiger partial charge in [0.05, 0.1) is 5.56 Å². The van der Waals surface area contributed by atoms with E-state index in [0.29, 0.717) is 5.56 Å². The number of carbonyl (C=O) groups is 1. The highest BCUT2D eigenvalue weighted by Crippen LogP contribution is 2.22. The monoisotopic (exact) mass is 324 g/mol. The SMILES string of the molecule is Cc1ccccc1N1CCN(C(=O)c2cccnc2N(C)C)CC1. The number of aromatic nitrogens is 1. The molecule has 2 aromatic rings. The maximum atomic E-state index is 12.9. The summed E-state index contributed by atoms with van der Waals surface area (Å²) < 4.78 is 0. The summed E-state index contributed by atoms with van der Waals surface area (Å²) in [5.74, 6) is 0.792. The summed E-state index contributed by atoms with van der Waals surface area (Å²) in [6.07, 6.45) is 1.72. The van der Waals surface area contributed by atoms with Crippen molar-refractivity contribution in [1.29, 1.82) is 0 Å². The van der Waals surface area contributed by atoms with Gasteiger partial charge in [0, 0.05) is 52.2 Å². The third kappa shape index (κ3) is 3.20. The van der Waals surface area contributed by atoms with Crippen molar-refractivity contribution in [2.45, 2.75) is 6.92 Å². The topological polar surface area (TPSA) is 39.7 Å². The molecule has 0 aliphatic carbocycles. The summed E-state index contributed by atoms with van der Waals surface area (Å²) >= 11 is 0. The molecular formula is C19H24N4O. The largest absolute Gasteiger partial charge is 0.368 e. The Morgan fingerprint density at radius 3 is 2.42 bits per heavy atom. The van der Waals surface area contributed by atoms with Gasteiger partial charge in [0.1, 0.15) is 5.82 Å². The van der Waals surface area contributed by atoms with E-state index >= 15 is 0 Å². The summed E-state index contributed by atoms with van der Waals surface area (Å²) in [5, 5.41) is 0. The third-order valence-electron chi connectivity index (χ3n) is 4.46. The van der Waals surface area contributed by atoms with Crippen LogP contribution < -0.4 is 9.80 Å². The van der Waals surface area contributed by atoms with Gasteiger partial charge in [-0.3, -0.25) is 4.79 Å². The maximum Gasteiger partial charge on any atom is 0.257 e. The fraction of sp³-hybridized carbons (Fsp3) is 0.368. The number of piperazine rings is 1. The number of hydrogen-bond acceptors (Lipinski definition) is 4. The lowest BCUT2D eigenvalue weighted by molar-refractivity contribution is 0.0747. The Hall–Kier alpha value is -2.56. The maximum absolute atomic E-state index is 12.9. The van der Waals surface area contributed by atoms with Crippen molar-refractivity contribution in [1.82, 2.24) is 9.88 Å². The van der Waals surface area contributed by atoms with Gasteiger partial charge in [0.25, 0.3) is 5.91 Å². The quantitative estimate of drug-likeness (QED) is 0.869. The Morgan fingerprint density at radius 2 is 1.75 bits per heavy atom. The van der Waals surface area contributed by atoms with E-state index < -0.39 is 0 Å². The number of hydrogen-bond donors (Lipinski definition) is 0. The Labute approximate surface area is 143 Å². The zero-order valence-corrected chi connectivity index (χ0v) is 14.6. The molecule has 1 aliphatic heterocycles. The lowest BCUT2D eigenvalue weighted by Gasteiger charge is -2.37. The standard InChI is InChI=1S/C19H24N4O/c1-15-7-4-5-9-17(15)22-11-13-23(14-12-22)19(24)16-8-6-10-20-18(16)21(2)3/h4-10H,11-14H2,1-3H3. The molecule has 0 spiro atoms. The molecule has 1 aliphatic rings. The van der Waals surface area contributed by atoms with Crippen LogP contribution in [0.25, 0.3) is 0 Å². The molecule has 0 N–H and O–H groups in total. The fourth-order valence-electron chi connectivity index (χ4n) is 3.16. The highest BCUT2D eigenvalue weighted by Gasteiger charge is 2.25. The first kappa shape index (κ1) is 16.3. The van der Waals surface area contributed by atoms with E-state index in [0.717, 1.165) is 32.0 Å². The first-order valence-corrected chi connectivity index (χ1v) is 8.30. The first-order valence-electron chi connectivity index (χ1n) is 8.30. The summed E-state index contributed by atoms with van der Waals surface area (Å²) in [6, 6.07) is 12.1. The molecule has 2 heterocycles. The van der Waals surface area contributed by atoms with Crippen LogP contribution in [0, 0.1) is 6.92 Å². The van der Waals surface area contributed by atoms with E-state index in [1.54, 1.807) is 6.20 Å². The number of nitrogens with zero attached hydrogens (tertiary/aromatic N) is 4. The molecule has 0 radical (unpaired) electrons. The molecule has 1 aromatic carbocycles. The van der Waals surface area contributed by atoms with E-state index in [1.807, 2.05) is 36.0 Å². The molecule has 0 saturated carbocycles. The van der Waals surface area contributed by atoms with E-state index in [9.17, 15) is 4.79 Å². The number of anilines is 2. The van der Waals surface area contributed by atoms with E-state index in [4.69, 9.17) is 0 Å². The molecule has 1 aromatic heterocycles. The number of rotatable bonds is 3. The highest BCUT2D eigenvalue weighted by molar-refractivity contribution is 5.99. The van der Waals surface area contributed by atoms with Crippen LogP contribution in [0.1, 0.15) is 15.9 Å². The highest BCUT2D eigenvalue weighted by atomic mass is 16.2. The Kier molecular flexibility index (Phi) is 4.69. The van der Waals surface area contributed by atoms with Crippen LogP contribution >= 0.6 is 0 Å². The third-order valence-corrected chi connectivity index (χ3v) is 4.46. The summed E-state index contributed by atoms with van der Waals surface area (Å²) in [7, 11) is 3.82. The van der Waals surface area contributed by atoms with Gasteiger partial charge in [0.2, 0.25) is 0 Å². The van der Waals surface area contributed by atoms with Gasteiger partial charge in [-0.2, -0.15) is 0 Å². The van der Waals surface area contributed by atoms with Gasteiger partial charge in [-0.15, -0.1) is 0 Å². The minimum Gasteiger partial charge on any atom is -0.368 e. The average molecular weight is 324 g/mol. The summed E-state index contributed by atoms with van der Waals surface area (Å²) in [5.41, 5.74) is 3.21. The molecule has 5 nitrogen and oxygen atoms in total. The summed E-state index contributed by atoms with van der Waals surface area (Å²) in [4.78, 5) is 23.4. The van der Waals surface area contributed by atoms with Crippen LogP contribution in [-0.4, -0.2) is 56.1 Å². The van der Waals surface area contributed by atoms with Crippen molar-refractivity contribution in [2.75, 3.05) is 50.1 Å². The van der Waals surface area contributed by atoms with Gasteiger partial charge in [-0.05, 0) is 30.7 Å². The minimum atomic E-state index is 0.0660. The van der Waals surface area contributed by atoms with Crippen molar-refractivity contribution in [3.8, 4) is 0 Å². The second-order valence-corrected chi connectivity index (χ2v) is 6.33. The average Bonchev–Trinajstić information content (AvgIpc) is 2.62. The zero-order chi connectivity index (χ0) is 17.1. The number of aryl methyl sites for hydroxylation is 1. The predicted molar refractivity (Wildman–Crippen MR) is 97.9 cm³/mol. The molecule has 24 heavy (non-hydrogen) atoms. The molecular weight excluding hydrogens is 300 g/mol. The van der Waals surface area contributed by atoms with Gasteiger partial charge in [0.15, 0.2) is 0 Å². The molecule has 126 valence electrons. The lowest BCUT2D eigenvalue weighted by Crippen LogP contribution is -2.49. The van der Waals surface area contributed by atoms with Crippen LogP contribution in [0.3, 0.4) is 0 Å². The second-order valence-electron chi connectivity index (χ2n) is 6.33. The molecule has 1 amide bonds. The lowest BCUT2D eigenvalue weighted by atomic mass is 10.1. The van der Waals surface area contributed by atoms with E-state index in [2.05, 4.69) is 41.1 Å². The van der Waals surface area contributed by atoms with Gasteiger partial charge < -0.3 is 14.7 Å². The second kappa shape index (κ2) is 6.91. The zero-order valence-electron chi connectivity index (χ0n) is 14.6. The smallest absolute Gasteiger partial charge is 0.257 e. The molecule has 1 saturated heterocycles. The molecule has 5 heteroatoms. The number of carbonyl (C=O) groups excluding carboxylic acids is 1. The minimum absolute atomic E-state index is 0.0660. The number of pyridine rings is 1. The van der Waals surface area contributed by atoms with Crippen molar-refractivity contribution < 1.29 is 4.79 Å². The van der Waals surface area contributed by atoms with Crippen molar-refractivity contribution in [3.63, 3.8) is 0 Å². The first-order chi connectivity index (χ1) is 11.6. The summed E-state index contributed by atoms with van der Waals surface area (Å²) in [6.45, 7) is 5.30. The normalized spacial score (nSPS) is 14.6.